The number of nitrogens with two attached hydrogens (primary N) is 1. The highest BCUT2D eigenvalue weighted by atomic mass is 32.2. The van der Waals surface area contributed by atoms with Crippen LogP contribution >= 0.6 is 11.8 Å². The summed E-state index contributed by atoms with van der Waals surface area (Å²) in [6.45, 7) is 3.80. The first kappa shape index (κ1) is 13.1. The Morgan fingerprint density at radius 1 is 1.39 bits per heavy atom. The molecule has 1 aromatic carbocycles. The van der Waals surface area contributed by atoms with Crippen molar-refractivity contribution in [3.63, 3.8) is 0 Å². The predicted octanol–water partition coefficient (Wildman–Crippen LogP) is 3.04. The first-order valence-electron chi connectivity index (χ1n) is 5.71. The quantitative estimate of drug-likeness (QED) is 0.927. The summed E-state index contributed by atoms with van der Waals surface area (Å²) in [5.41, 5.74) is 7.66. The van der Waals surface area contributed by atoms with Gasteiger partial charge in [-0.3, -0.25) is 4.68 Å². The van der Waals surface area contributed by atoms with Gasteiger partial charge in [0.2, 0.25) is 0 Å². The number of nitrogens with zero attached hydrogens (tertiary/aromatic N) is 2. The van der Waals surface area contributed by atoms with Gasteiger partial charge in [-0.25, -0.2) is 4.39 Å². The molecule has 18 heavy (non-hydrogen) atoms. The summed E-state index contributed by atoms with van der Waals surface area (Å²) < 4.78 is 15.1. The molecule has 3 nitrogen and oxygen atoms in total. The number of aromatic nitrogens is 2. The Hall–Kier alpha value is -1.33. The number of rotatable bonds is 3. The smallest absolute Gasteiger partial charge is 0.123 e. The summed E-state index contributed by atoms with van der Waals surface area (Å²) in [5.74, 6) is -0.257. The average Bonchev–Trinajstić information content (AvgIpc) is 2.60. The maximum atomic E-state index is 13.2. The number of halogens is 1. The topological polar surface area (TPSA) is 43.8 Å². The average molecular weight is 265 g/mol. The first-order chi connectivity index (χ1) is 8.47. The van der Waals surface area contributed by atoms with Gasteiger partial charge in [-0.05, 0) is 43.7 Å². The Bertz CT molecular complexity index is 563. The van der Waals surface area contributed by atoms with E-state index in [1.165, 1.54) is 12.1 Å². The van der Waals surface area contributed by atoms with E-state index in [1.807, 2.05) is 31.6 Å². The fraction of sp³-hybridized carbons (Fsp3) is 0.308. The van der Waals surface area contributed by atoms with Crippen molar-refractivity contribution in [1.82, 2.24) is 9.78 Å². The van der Waals surface area contributed by atoms with Crippen LogP contribution in [0.25, 0.3) is 0 Å². The van der Waals surface area contributed by atoms with E-state index in [2.05, 4.69) is 5.10 Å². The summed E-state index contributed by atoms with van der Waals surface area (Å²) in [7, 11) is 1.89. The van der Waals surface area contributed by atoms with Crippen LogP contribution in [0.4, 0.5) is 4.39 Å². The standard InChI is InChI=1S/C13H16FN3S/c1-8-6-13(17(3)16-8)18-12-5-4-10(14)7-11(12)9(2)15/h4-7,9H,15H2,1-3H3/t9-/m1/s1. The van der Waals surface area contributed by atoms with Crippen LogP contribution in [0.15, 0.2) is 34.2 Å². The van der Waals surface area contributed by atoms with Crippen molar-refractivity contribution < 1.29 is 4.39 Å². The molecule has 1 heterocycles. The lowest BCUT2D eigenvalue weighted by molar-refractivity contribution is 0.619. The molecular weight excluding hydrogens is 249 g/mol. The van der Waals surface area contributed by atoms with Gasteiger partial charge in [-0.2, -0.15) is 5.10 Å². The second-order valence-corrected chi connectivity index (χ2v) is 5.38. The van der Waals surface area contributed by atoms with Crippen molar-refractivity contribution in [2.75, 3.05) is 0 Å². The van der Waals surface area contributed by atoms with Crippen LogP contribution in [0.5, 0.6) is 0 Å². The minimum atomic E-state index is -0.257. The lowest BCUT2D eigenvalue weighted by Gasteiger charge is -2.12. The third-order valence-electron chi connectivity index (χ3n) is 2.64. The Labute approximate surface area is 110 Å². The van der Waals surface area contributed by atoms with E-state index in [4.69, 9.17) is 5.73 Å². The van der Waals surface area contributed by atoms with Gasteiger partial charge in [0.05, 0.1) is 10.7 Å². The molecule has 0 aliphatic carbocycles. The third-order valence-corrected chi connectivity index (χ3v) is 3.82. The Balaban J connectivity index is 2.37. The number of aryl methyl sites for hydroxylation is 2. The first-order valence-corrected chi connectivity index (χ1v) is 6.52. The highest BCUT2D eigenvalue weighted by molar-refractivity contribution is 7.99. The zero-order chi connectivity index (χ0) is 13.3. The summed E-state index contributed by atoms with van der Waals surface area (Å²) in [4.78, 5) is 0.967. The van der Waals surface area contributed by atoms with Crippen LogP contribution in [-0.4, -0.2) is 9.78 Å². The van der Waals surface area contributed by atoms with E-state index in [1.54, 1.807) is 17.8 Å². The molecule has 2 rings (SSSR count). The lowest BCUT2D eigenvalue weighted by atomic mass is 10.1. The normalized spacial score (nSPS) is 12.7. The molecule has 0 unspecified atom stereocenters. The van der Waals surface area contributed by atoms with Crippen molar-refractivity contribution in [3.05, 3.63) is 41.3 Å². The summed E-state index contributed by atoms with van der Waals surface area (Å²) in [6.07, 6.45) is 0. The molecule has 96 valence electrons. The van der Waals surface area contributed by atoms with Gasteiger partial charge in [-0.1, -0.05) is 11.8 Å². The van der Waals surface area contributed by atoms with E-state index < -0.39 is 0 Å². The second kappa shape index (κ2) is 5.12. The molecule has 0 spiro atoms. The van der Waals surface area contributed by atoms with Gasteiger partial charge in [0.1, 0.15) is 5.82 Å². The van der Waals surface area contributed by atoms with E-state index >= 15 is 0 Å². The molecule has 0 saturated carbocycles. The van der Waals surface area contributed by atoms with Crippen LogP contribution in [0.2, 0.25) is 0 Å². The largest absolute Gasteiger partial charge is 0.324 e. The van der Waals surface area contributed by atoms with Crippen molar-refractivity contribution in [1.29, 1.82) is 0 Å². The summed E-state index contributed by atoms with van der Waals surface area (Å²) in [5, 5.41) is 5.30. The van der Waals surface area contributed by atoms with Crippen LogP contribution in [0.3, 0.4) is 0 Å². The molecule has 0 aliphatic heterocycles. The minimum Gasteiger partial charge on any atom is -0.324 e. The second-order valence-electron chi connectivity index (χ2n) is 4.32. The monoisotopic (exact) mass is 265 g/mol. The highest BCUT2D eigenvalue weighted by Crippen LogP contribution is 2.33. The van der Waals surface area contributed by atoms with Crippen LogP contribution < -0.4 is 5.73 Å². The number of benzene rings is 1. The summed E-state index contributed by atoms with van der Waals surface area (Å²) in [6, 6.07) is 6.52. The molecule has 0 fully saturated rings. The van der Waals surface area contributed by atoms with Crippen molar-refractivity contribution in [2.24, 2.45) is 12.8 Å². The molecular formula is C13H16FN3S. The Kier molecular flexibility index (Phi) is 3.73. The zero-order valence-corrected chi connectivity index (χ0v) is 11.5. The molecule has 1 atom stereocenters. The van der Waals surface area contributed by atoms with Crippen LogP contribution in [0, 0.1) is 12.7 Å². The SMILES string of the molecule is Cc1cc(Sc2ccc(F)cc2[C@@H](C)N)n(C)n1. The lowest BCUT2D eigenvalue weighted by Crippen LogP contribution is -2.07. The minimum absolute atomic E-state index is 0.197. The Morgan fingerprint density at radius 2 is 2.11 bits per heavy atom. The Morgan fingerprint density at radius 3 is 2.67 bits per heavy atom. The maximum Gasteiger partial charge on any atom is 0.123 e. The van der Waals surface area contributed by atoms with Gasteiger partial charge in [0.15, 0.2) is 0 Å². The molecule has 0 bridgehead atoms. The third kappa shape index (κ3) is 2.73. The fourth-order valence-electron chi connectivity index (χ4n) is 1.76. The number of hydrogen-bond donors (Lipinski definition) is 1. The molecule has 5 heteroatoms. The van der Waals surface area contributed by atoms with E-state index in [0.29, 0.717) is 0 Å². The van der Waals surface area contributed by atoms with Crippen molar-refractivity contribution in [2.45, 2.75) is 29.8 Å². The van der Waals surface area contributed by atoms with E-state index in [-0.39, 0.29) is 11.9 Å². The van der Waals surface area contributed by atoms with Gasteiger partial charge in [0, 0.05) is 18.0 Å². The van der Waals surface area contributed by atoms with E-state index in [9.17, 15) is 4.39 Å². The number of hydrogen-bond acceptors (Lipinski definition) is 3. The van der Waals surface area contributed by atoms with Crippen molar-refractivity contribution >= 4 is 11.8 Å². The molecule has 0 amide bonds. The van der Waals surface area contributed by atoms with Crippen LogP contribution in [0.1, 0.15) is 24.2 Å². The fourth-order valence-corrected chi connectivity index (χ4v) is 2.89. The molecule has 2 aromatic rings. The molecule has 0 aliphatic rings. The molecule has 0 saturated heterocycles. The maximum absolute atomic E-state index is 13.2. The zero-order valence-electron chi connectivity index (χ0n) is 10.6. The van der Waals surface area contributed by atoms with Gasteiger partial charge in [-0.15, -0.1) is 0 Å². The van der Waals surface area contributed by atoms with Gasteiger partial charge >= 0.3 is 0 Å². The predicted molar refractivity (Wildman–Crippen MR) is 71.1 cm³/mol. The van der Waals surface area contributed by atoms with Crippen LogP contribution in [-0.2, 0) is 7.05 Å². The molecule has 0 radical (unpaired) electrons. The summed E-state index contributed by atoms with van der Waals surface area (Å²) >= 11 is 1.55. The molecule has 2 N–H and O–H groups in total. The highest BCUT2D eigenvalue weighted by Gasteiger charge is 2.12. The van der Waals surface area contributed by atoms with Gasteiger partial charge in [0.25, 0.3) is 0 Å². The van der Waals surface area contributed by atoms with Gasteiger partial charge < -0.3 is 5.73 Å². The van der Waals surface area contributed by atoms with Crippen molar-refractivity contribution in [3.8, 4) is 0 Å². The molecule has 1 aromatic heterocycles. The van der Waals surface area contributed by atoms with E-state index in [0.717, 1.165) is 21.2 Å².